The average Bonchev–Trinajstić information content (AvgIpc) is 2.41. The van der Waals surface area contributed by atoms with Gasteiger partial charge in [0.2, 0.25) is 0 Å². The van der Waals surface area contributed by atoms with E-state index < -0.39 is 0 Å². The van der Waals surface area contributed by atoms with Crippen LogP contribution in [0.25, 0.3) is 0 Å². The van der Waals surface area contributed by atoms with Crippen LogP contribution < -0.4 is 5.32 Å². The van der Waals surface area contributed by atoms with Crippen LogP contribution >= 0.6 is 23.4 Å². The van der Waals surface area contributed by atoms with Gasteiger partial charge < -0.3 is 5.32 Å². The van der Waals surface area contributed by atoms with E-state index in [1.165, 1.54) is 44.3 Å². The third-order valence-corrected chi connectivity index (χ3v) is 4.18. The number of hydrogen-bond donors (Lipinski definition) is 1. The topological polar surface area (TPSA) is 37.8 Å². The predicted octanol–water partition coefficient (Wildman–Crippen LogP) is 4.55. The smallest absolute Gasteiger partial charge is 0.148 e. The van der Waals surface area contributed by atoms with Crippen LogP contribution in [0, 0.1) is 6.92 Å². The molecule has 1 rings (SSSR count). The van der Waals surface area contributed by atoms with Crippen LogP contribution in [0.5, 0.6) is 0 Å². The zero-order chi connectivity index (χ0) is 13.9. The molecule has 0 amide bonds. The van der Waals surface area contributed by atoms with Crippen molar-refractivity contribution in [2.24, 2.45) is 0 Å². The van der Waals surface area contributed by atoms with E-state index in [4.69, 9.17) is 11.6 Å². The normalized spacial score (nSPS) is 10.7. The average molecular weight is 302 g/mol. The van der Waals surface area contributed by atoms with E-state index in [0.717, 1.165) is 18.1 Å². The maximum atomic E-state index is 6.11. The number of unbranched alkanes of at least 4 members (excludes halogenated alkanes) is 5. The number of nitrogens with zero attached hydrogens (tertiary/aromatic N) is 2. The Bertz CT molecular complexity index is 361. The quantitative estimate of drug-likeness (QED) is 0.643. The molecule has 1 aromatic rings. The fourth-order valence-electron chi connectivity index (χ4n) is 1.87. The number of aromatic nitrogens is 2. The number of rotatable bonds is 10. The van der Waals surface area contributed by atoms with Gasteiger partial charge in [0, 0.05) is 6.54 Å². The highest BCUT2D eigenvalue weighted by molar-refractivity contribution is 7.98. The zero-order valence-electron chi connectivity index (χ0n) is 11.9. The van der Waals surface area contributed by atoms with Gasteiger partial charge in [-0.15, -0.1) is 0 Å². The first-order valence-electron chi connectivity index (χ1n) is 6.95. The lowest BCUT2D eigenvalue weighted by molar-refractivity contribution is 0.619. The molecule has 1 N–H and O–H groups in total. The van der Waals surface area contributed by atoms with Crippen molar-refractivity contribution in [3.05, 3.63) is 17.0 Å². The first kappa shape index (κ1) is 16.6. The van der Waals surface area contributed by atoms with Crippen LogP contribution in [0.4, 0.5) is 5.82 Å². The van der Waals surface area contributed by atoms with Crippen molar-refractivity contribution in [1.29, 1.82) is 0 Å². The van der Waals surface area contributed by atoms with E-state index in [0.29, 0.717) is 5.02 Å². The number of thioether (sulfide) groups is 1. The van der Waals surface area contributed by atoms with Gasteiger partial charge in [0.15, 0.2) is 0 Å². The van der Waals surface area contributed by atoms with E-state index in [1.807, 2.05) is 18.7 Å². The van der Waals surface area contributed by atoms with Gasteiger partial charge in [-0.3, -0.25) is 0 Å². The molecule has 0 aliphatic rings. The maximum absolute atomic E-state index is 6.11. The van der Waals surface area contributed by atoms with Crippen molar-refractivity contribution in [2.45, 2.75) is 45.4 Å². The van der Waals surface area contributed by atoms with Gasteiger partial charge in [0.1, 0.15) is 17.2 Å². The Morgan fingerprint density at radius 2 is 1.79 bits per heavy atom. The molecular formula is C14H24ClN3S. The highest BCUT2D eigenvalue weighted by Gasteiger charge is 2.04. The number of nitrogens with one attached hydrogen (secondary N) is 1. The monoisotopic (exact) mass is 301 g/mol. The molecule has 0 aliphatic carbocycles. The van der Waals surface area contributed by atoms with Crippen LogP contribution in [0.2, 0.25) is 5.02 Å². The minimum Gasteiger partial charge on any atom is -0.369 e. The van der Waals surface area contributed by atoms with Gasteiger partial charge in [-0.1, -0.05) is 37.3 Å². The van der Waals surface area contributed by atoms with Crippen molar-refractivity contribution in [2.75, 3.05) is 23.9 Å². The van der Waals surface area contributed by atoms with Crippen LogP contribution in [0.1, 0.15) is 44.2 Å². The third-order valence-electron chi connectivity index (χ3n) is 3.03. The maximum Gasteiger partial charge on any atom is 0.148 e. The summed E-state index contributed by atoms with van der Waals surface area (Å²) in [5, 5.41) is 3.92. The highest BCUT2D eigenvalue weighted by atomic mass is 35.5. The summed E-state index contributed by atoms with van der Waals surface area (Å²) in [6, 6.07) is 0. The lowest BCUT2D eigenvalue weighted by atomic mass is 10.1. The Hall–Kier alpha value is -0.480. The van der Waals surface area contributed by atoms with Gasteiger partial charge in [-0.25, -0.2) is 9.97 Å². The molecule has 5 heteroatoms. The van der Waals surface area contributed by atoms with Gasteiger partial charge in [-0.05, 0) is 31.8 Å². The second kappa shape index (κ2) is 10.3. The molecule has 19 heavy (non-hydrogen) atoms. The molecule has 1 aromatic heterocycles. The number of hydrogen-bond acceptors (Lipinski definition) is 4. The molecule has 3 nitrogen and oxygen atoms in total. The van der Waals surface area contributed by atoms with E-state index in [-0.39, 0.29) is 0 Å². The highest BCUT2D eigenvalue weighted by Crippen LogP contribution is 2.20. The molecule has 0 radical (unpaired) electrons. The molecule has 0 spiro atoms. The second-order valence-electron chi connectivity index (χ2n) is 4.66. The minimum atomic E-state index is 0.638. The predicted molar refractivity (Wildman–Crippen MR) is 86.4 cm³/mol. The van der Waals surface area contributed by atoms with E-state index in [2.05, 4.69) is 21.5 Å². The molecule has 1 heterocycles. The Kier molecular flexibility index (Phi) is 9.01. The SMILES string of the molecule is CSCCCCCCCCNc1ncnc(C)c1Cl. The third kappa shape index (κ3) is 7.02. The summed E-state index contributed by atoms with van der Waals surface area (Å²) >= 11 is 8.05. The van der Waals surface area contributed by atoms with E-state index >= 15 is 0 Å². The summed E-state index contributed by atoms with van der Waals surface area (Å²) in [6.07, 6.45) is 11.6. The fraction of sp³-hybridized carbons (Fsp3) is 0.714. The van der Waals surface area contributed by atoms with Crippen LogP contribution in [0.15, 0.2) is 6.33 Å². The largest absolute Gasteiger partial charge is 0.369 e. The fourth-order valence-corrected chi connectivity index (χ4v) is 2.52. The van der Waals surface area contributed by atoms with Gasteiger partial charge in [0.25, 0.3) is 0 Å². The lowest BCUT2D eigenvalue weighted by Crippen LogP contribution is -2.05. The molecule has 0 aromatic carbocycles. The van der Waals surface area contributed by atoms with E-state index in [1.54, 1.807) is 6.33 Å². The minimum absolute atomic E-state index is 0.638. The molecule has 0 saturated heterocycles. The van der Waals surface area contributed by atoms with E-state index in [9.17, 15) is 0 Å². The van der Waals surface area contributed by atoms with Crippen LogP contribution in [-0.4, -0.2) is 28.5 Å². The zero-order valence-corrected chi connectivity index (χ0v) is 13.5. The standard InChI is InChI=1S/C14H24ClN3S/c1-12-13(15)14(18-11-17-12)16-9-7-5-3-4-6-8-10-19-2/h11H,3-10H2,1-2H3,(H,16,17,18). The van der Waals surface area contributed by atoms with Crippen molar-refractivity contribution in [1.82, 2.24) is 9.97 Å². The molecule has 0 atom stereocenters. The summed E-state index contributed by atoms with van der Waals surface area (Å²) < 4.78 is 0. The number of aryl methyl sites for hydroxylation is 1. The summed E-state index contributed by atoms with van der Waals surface area (Å²) in [4.78, 5) is 8.20. The molecule has 108 valence electrons. The van der Waals surface area contributed by atoms with Crippen molar-refractivity contribution < 1.29 is 0 Å². The summed E-state index contributed by atoms with van der Waals surface area (Å²) in [5.74, 6) is 2.06. The first-order valence-corrected chi connectivity index (χ1v) is 8.72. The number of halogens is 1. The molecule has 0 fully saturated rings. The Labute approximate surface area is 125 Å². The summed E-state index contributed by atoms with van der Waals surface area (Å²) in [5.41, 5.74) is 0.827. The van der Waals surface area contributed by atoms with Crippen molar-refractivity contribution in [3.63, 3.8) is 0 Å². The second-order valence-corrected chi connectivity index (χ2v) is 6.03. The van der Waals surface area contributed by atoms with Gasteiger partial charge in [-0.2, -0.15) is 11.8 Å². The van der Waals surface area contributed by atoms with Crippen LogP contribution in [-0.2, 0) is 0 Å². The Morgan fingerprint density at radius 1 is 1.11 bits per heavy atom. The van der Waals surface area contributed by atoms with Crippen LogP contribution in [0.3, 0.4) is 0 Å². The van der Waals surface area contributed by atoms with Crippen molar-refractivity contribution >= 4 is 29.2 Å². The summed E-state index contributed by atoms with van der Waals surface area (Å²) in [7, 11) is 0. The lowest BCUT2D eigenvalue weighted by Gasteiger charge is -2.08. The first-order chi connectivity index (χ1) is 9.25. The van der Waals surface area contributed by atoms with Gasteiger partial charge in [0.05, 0.1) is 5.69 Å². The Morgan fingerprint density at radius 3 is 2.53 bits per heavy atom. The molecular weight excluding hydrogens is 278 g/mol. The molecule has 0 bridgehead atoms. The molecule has 0 aliphatic heterocycles. The molecule has 0 saturated carbocycles. The summed E-state index contributed by atoms with van der Waals surface area (Å²) in [6.45, 7) is 2.82. The number of anilines is 1. The Balaban J connectivity index is 2.03. The van der Waals surface area contributed by atoms with Gasteiger partial charge >= 0.3 is 0 Å². The molecule has 0 unspecified atom stereocenters. The van der Waals surface area contributed by atoms with Crippen molar-refractivity contribution in [3.8, 4) is 0 Å².